The molecule has 0 spiro atoms. The van der Waals surface area contributed by atoms with Crippen LogP contribution in [-0.4, -0.2) is 34.4 Å². The number of esters is 2. The molecule has 3 aromatic rings. The zero-order valence-electron chi connectivity index (χ0n) is 13.9. The molecule has 0 saturated carbocycles. The number of hydrogen-bond donors (Lipinski definition) is 0. The molecule has 1 aliphatic heterocycles. The predicted molar refractivity (Wildman–Crippen MR) is 93.8 cm³/mol. The highest BCUT2D eigenvalue weighted by molar-refractivity contribution is 5.92. The van der Waals surface area contributed by atoms with Crippen LogP contribution in [0.3, 0.4) is 0 Å². The summed E-state index contributed by atoms with van der Waals surface area (Å²) in [6.45, 7) is 0.268. The number of carbonyl (C=O) groups is 2. The lowest BCUT2D eigenvalue weighted by atomic mass is 10.1. The number of benzene rings is 2. The summed E-state index contributed by atoms with van der Waals surface area (Å²) in [5, 5.41) is 4.57. The summed E-state index contributed by atoms with van der Waals surface area (Å²) in [6, 6.07) is 20.5. The van der Waals surface area contributed by atoms with Gasteiger partial charge in [-0.3, -0.25) is 0 Å². The highest BCUT2D eigenvalue weighted by Crippen LogP contribution is 2.23. The third kappa shape index (κ3) is 3.09. The van der Waals surface area contributed by atoms with Crippen LogP contribution in [0.15, 0.2) is 66.7 Å². The van der Waals surface area contributed by atoms with E-state index in [0.717, 1.165) is 11.3 Å². The van der Waals surface area contributed by atoms with Gasteiger partial charge in [-0.05, 0) is 18.2 Å². The molecule has 0 radical (unpaired) electrons. The zero-order chi connectivity index (χ0) is 17.9. The molecule has 130 valence electrons. The highest BCUT2D eigenvalue weighted by Gasteiger charge is 2.32. The minimum Gasteiger partial charge on any atom is -0.463 e. The number of ether oxygens (including phenoxy) is 2. The molecular weight excluding hydrogens is 332 g/mol. The zero-order valence-corrected chi connectivity index (χ0v) is 13.9. The maximum atomic E-state index is 12.7. The van der Waals surface area contributed by atoms with E-state index in [0.29, 0.717) is 12.1 Å². The van der Waals surface area contributed by atoms with Crippen molar-refractivity contribution in [3.8, 4) is 16.9 Å². The molecule has 1 saturated heterocycles. The summed E-state index contributed by atoms with van der Waals surface area (Å²) in [5.74, 6) is -1.11. The van der Waals surface area contributed by atoms with Crippen molar-refractivity contribution in [3.05, 3.63) is 72.4 Å². The van der Waals surface area contributed by atoms with Gasteiger partial charge in [-0.1, -0.05) is 48.5 Å². The van der Waals surface area contributed by atoms with Crippen LogP contribution in [0.2, 0.25) is 0 Å². The van der Waals surface area contributed by atoms with Gasteiger partial charge in [-0.15, -0.1) is 0 Å². The molecular formula is C20H16N2O4. The van der Waals surface area contributed by atoms with Crippen LogP contribution in [0.1, 0.15) is 16.9 Å². The SMILES string of the molecule is O=C(O[C@H]1CCOC1=O)c1cc(-c2ccccc2)nn1-c1ccccc1. The van der Waals surface area contributed by atoms with Gasteiger partial charge in [0.05, 0.1) is 18.0 Å². The van der Waals surface area contributed by atoms with Crippen LogP contribution in [0.4, 0.5) is 0 Å². The maximum Gasteiger partial charge on any atom is 0.357 e. The predicted octanol–water partition coefficient (Wildman–Crippen LogP) is 3.01. The lowest BCUT2D eigenvalue weighted by Crippen LogP contribution is -2.24. The second kappa shape index (κ2) is 6.84. The average Bonchev–Trinajstić information content (AvgIpc) is 3.30. The molecule has 1 aromatic heterocycles. The third-order valence-corrected chi connectivity index (χ3v) is 4.13. The van der Waals surface area contributed by atoms with Gasteiger partial charge in [0.2, 0.25) is 6.10 Å². The van der Waals surface area contributed by atoms with Crippen LogP contribution < -0.4 is 0 Å². The molecule has 2 aromatic carbocycles. The Bertz CT molecular complexity index is 935. The standard InChI is InChI=1S/C20H16N2O4/c23-19(26-18-11-12-25-20(18)24)17-13-16(14-7-3-1-4-8-14)21-22(17)15-9-5-2-6-10-15/h1-10,13,18H,11-12H2/t18-/m0/s1. The average molecular weight is 348 g/mol. The van der Waals surface area contributed by atoms with Crippen molar-refractivity contribution in [1.29, 1.82) is 0 Å². The minimum absolute atomic E-state index is 0.259. The van der Waals surface area contributed by atoms with Gasteiger partial charge < -0.3 is 9.47 Å². The van der Waals surface area contributed by atoms with Crippen molar-refractivity contribution in [2.45, 2.75) is 12.5 Å². The van der Waals surface area contributed by atoms with Crippen LogP contribution in [-0.2, 0) is 14.3 Å². The first-order valence-corrected chi connectivity index (χ1v) is 8.31. The van der Waals surface area contributed by atoms with Crippen molar-refractivity contribution >= 4 is 11.9 Å². The highest BCUT2D eigenvalue weighted by atomic mass is 16.6. The Morgan fingerprint density at radius 3 is 2.42 bits per heavy atom. The number of hydrogen-bond acceptors (Lipinski definition) is 5. The van der Waals surface area contributed by atoms with E-state index < -0.39 is 18.0 Å². The van der Waals surface area contributed by atoms with Crippen LogP contribution >= 0.6 is 0 Å². The largest absolute Gasteiger partial charge is 0.463 e. The number of para-hydroxylation sites is 1. The first-order valence-electron chi connectivity index (χ1n) is 8.31. The van der Waals surface area contributed by atoms with Gasteiger partial charge in [0.25, 0.3) is 0 Å². The molecule has 0 amide bonds. The molecule has 6 heteroatoms. The summed E-state index contributed by atoms with van der Waals surface area (Å²) in [7, 11) is 0. The fraction of sp³-hybridized carbons (Fsp3) is 0.150. The first-order chi connectivity index (χ1) is 12.7. The Hall–Kier alpha value is -3.41. The molecule has 0 aliphatic carbocycles. The molecule has 4 rings (SSSR count). The molecule has 1 aliphatic rings. The number of carbonyl (C=O) groups excluding carboxylic acids is 2. The van der Waals surface area contributed by atoms with Crippen LogP contribution in [0.25, 0.3) is 16.9 Å². The maximum absolute atomic E-state index is 12.7. The van der Waals surface area contributed by atoms with E-state index in [1.165, 1.54) is 4.68 Å². The van der Waals surface area contributed by atoms with E-state index in [2.05, 4.69) is 5.10 Å². The summed E-state index contributed by atoms with van der Waals surface area (Å²) in [6.07, 6.45) is -0.489. The van der Waals surface area contributed by atoms with Crippen molar-refractivity contribution in [2.75, 3.05) is 6.61 Å². The van der Waals surface area contributed by atoms with Gasteiger partial charge in [0.1, 0.15) is 0 Å². The lowest BCUT2D eigenvalue weighted by molar-refractivity contribution is -0.145. The Morgan fingerprint density at radius 2 is 1.77 bits per heavy atom. The Morgan fingerprint density at radius 1 is 1.08 bits per heavy atom. The second-order valence-electron chi connectivity index (χ2n) is 5.88. The minimum atomic E-state index is -0.859. The van der Waals surface area contributed by atoms with E-state index >= 15 is 0 Å². The second-order valence-corrected chi connectivity index (χ2v) is 5.88. The summed E-state index contributed by atoms with van der Waals surface area (Å²) < 4.78 is 11.7. The smallest absolute Gasteiger partial charge is 0.357 e. The normalized spacial score (nSPS) is 16.3. The first kappa shape index (κ1) is 16.1. The lowest BCUT2D eigenvalue weighted by Gasteiger charge is -2.10. The van der Waals surface area contributed by atoms with Crippen LogP contribution in [0.5, 0.6) is 0 Å². The van der Waals surface area contributed by atoms with Crippen molar-refractivity contribution in [2.24, 2.45) is 0 Å². The molecule has 26 heavy (non-hydrogen) atoms. The van der Waals surface area contributed by atoms with E-state index in [1.807, 2.05) is 60.7 Å². The monoisotopic (exact) mass is 348 g/mol. The van der Waals surface area contributed by atoms with Crippen molar-refractivity contribution < 1.29 is 19.1 Å². The van der Waals surface area contributed by atoms with E-state index in [4.69, 9.17) is 9.47 Å². The van der Waals surface area contributed by atoms with Gasteiger partial charge in [-0.2, -0.15) is 5.10 Å². The quantitative estimate of drug-likeness (QED) is 0.678. The Kier molecular flexibility index (Phi) is 4.23. The van der Waals surface area contributed by atoms with Gasteiger partial charge in [0, 0.05) is 12.0 Å². The third-order valence-electron chi connectivity index (χ3n) is 4.13. The Balaban J connectivity index is 1.73. The van der Waals surface area contributed by atoms with E-state index in [-0.39, 0.29) is 12.3 Å². The topological polar surface area (TPSA) is 70.4 Å². The molecule has 0 unspecified atom stereocenters. The van der Waals surface area contributed by atoms with Crippen molar-refractivity contribution in [3.63, 3.8) is 0 Å². The molecule has 1 fully saturated rings. The molecule has 0 N–H and O–H groups in total. The summed E-state index contributed by atoms with van der Waals surface area (Å²) in [5.41, 5.74) is 2.53. The molecule has 0 bridgehead atoms. The Labute approximate surface area is 150 Å². The van der Waals surface area contributed by atoms with Crippen LogP contribution in [0, 0.1) is 0 Å². The summed E-state index contributed by atoms with van der Waals surface area (Å²) in [4.78, 5) is 24.3. The summed E-state index contributed by atoms with van der Waals surface area (Å²) >= 11 is 0. The van der Waals surface area contributed by atoms with E-state index in [1.54, 1.807) is 6.07 Å². The fourth-order valence-electron chi connectivity index (χ4n) is 2.82. The van der Waals surface area contributed by atoms with E-state index in [9.17, 15) is 9.59 Å². The number of aromatic nitrogens is 2. The van der Waals surface area contributed by atoms with Gasteiger partial charge >= 0.3 is 11.9 Å². The number of nitrogens with zero attached hydrogens (tertiary/aromatic N) is 2. The molecule has 1 atom stereocenters. The molecule has 2 heterocycles. The van der Waals surface area contributed by atoms with Gasteiger partial charge in [-0.25, -0.2) is 14.3 Å². The van der Waals surface area contributed by atoms with Crippen molar-refractivity contribution in [1.82, 2.24) is 9.78 Å². The number of cyclic esters (lactones) is 1. The molecule has 6 nitrogen and oxygen atoms in total. The number of rotatable bonds is 4. The van der Waals surface area contributed by atoms with Gasteiger partial charge in [0.15, 0.2) is 5.69 Å². The fourth-order valence-corrected chi connectivity index (χ4v) is 2.82.